The van der Waals surface area contributed by atoms with Crippen LogP contribution < -0.4 is 5.56 Å². The van der Waals surface area contributed by atoms with Crippen molar-refractivity contribution in [3.05, 3.63) is 63.0 Å². The number of hydrogen-bond acceptors (Lipinski definition) is 3. The molecule has 1 amide bonds. The molecule has 6 nitrogen and oxygen atoms in total. The zero-order valence-electron chi connectivity index (χ0n) is 15.3. The van der Waals surface area contributed by atoms with Crippen molar-refractivity contribution in [1.29, 1.82) is 0 Å². The van der Waals surface area contributed by atoms with Gasteiger partial charge in [-0.3, -0.25) is 9.59 Å². The van der Waals surface area contributed by atoms with Crippen LogP contribution in [0.15, 0.2) is 29.3 Å². The van der Waals surface area contributed by atoms with Gasteiger partial charge in [-0.15, -0.1) is 0 Å². The molecule has 0 bridgehead atoms. The number of amides is 1. The first-order chi connectivity index (χ1) is 13.1. The highest BCUT2D eigenvalue weighted by Gasteiger charge is 2.25. The molecule has 2 N–H and O–H groups in total. The van der Waals surface area contributed by atoms with E-state index in [1.54, 1.807) is 4.90 Å². The van der Waals surface area contributed by atoms with Gasteiger partial charge in [-0.05, 0) is 55.4 Å². The molecule has 5 rings (SSSR count). The molecule has 1 aliphatic heterocycles. The molecule has 27 heavy (non-hydrogen) atoms. The summed E-state index contributed by atoms with van der Waals surface area (Å²) in [5, 5.41) is 1.18. The first-order valence-corrected chi connectivity index (χ1v) is 9.58. The van der Waals surface area contributed by atoms with Gasteiger partial charge in [-0.2, -0.15) is 0 Å². The lowest BCUT2D eigenvalue weighted by atomic mass is 9.87. The van der Waals surface area contributed by atoms with Crippen molar-refractivity contribution in [3.63, 3.8) is 0 Å². The van der Waals surface area contributed by atoms with Crippen LogP contribution in [0.1, 0.15) is 46.2 Å². The van der Waals surface area contributed by atoms with Gasteiger partial charge in [-0.1, -0.05) is 6.92 Å². The van der Waals surface area contributed by atoms with Crippen LogP contribution >= 0.6 is 0 Å². The van der Waals surface area contributed by atoms with E-state index in [4.69, 9.17) is 0 Å². The van der Waals surface area contributed by atoms with E-state index in [9.17, 15) is 9.59 Å². The molecule has 2 aliphatic rings. The predicted octanol–water partition coefficient (Wildman–Crippen LogP) is 2.57. The van der Waals surface area contributed by atoms with Crippen molar-refractivity contribution in [2.24, 2.45) is 5.92 Å². The maximum Gasteiger partial charge on any atom is 0.254 e. The molecule has 1 aliphatic carbocycles. The second-order valence-electron chi connectivity index (χ2n) is 7.82. The number of nitrogens with one attached hydrogen (secondary N) is 2. The van der Waals surface area contributed by atoms with Crippen LogP contribution in [0, 0.1) is 5.92 Å². The van der Waals surface area contributed by atoms with Crippen LogP contribution in [0.3, 0.4) is 0 Å². The third-order valence-electron chi connectivity index (χ3n) is 5.98. The minimum Gasteiger partial charge on any atom is -0.358 e. The summed E-state index contributed by atoms with van der Waals surface area (Å²) in [6.45, 7) is 3.22. The van der Waals surface area contributed by atoms with E-state index < -0.39 is 0 Å². The normalized spacial score (nSPS) is 19.0. The van der Waals surface area contributed by atoms with E-state index in [-0.39, 0.29) is 11.5 Å². The molecule has 0 saturated heterocycles. The molecule has 6 heteroatoms. The van der Waals surface area contributed by atoms with E-state index in [0.717, 1.165) is 18.4 Å². The van der Waals surface area contributed by atoms with Gasteiger partial charge in [0.1, 0.15) is 0 Å². The maximum atomic E-state index is 13.1. The van der Waals surface area contributed by atoms with Gasteiger partial charge in [0.2, 0.25) is 0 Å². The highest BCUT2D eigenvalue weighted by molar-refractivity contribution is 5.99. The molecule has 1 aromatic carbocycles. The van der Waals surface area contributed by atoms with E-state index >= 15 is 0 Å². The van der Waals surface area contributed by atoms with Crippen LogP contribution in [0.5, 0.6) is 0 Å². The molecule has 0 saturated carbocycles. The zero-order valence-corrected chi connectivity index (χ0v) is 15.3. The number of carbonyl (C=O) groups is 1. The number of aromatic nitrogens is 3. The van der Waals surface area contributed by atoms with Gasteiger partial charge in [0, 0.05) is 34.3 Å². The molecule has 138 valence electrons. The fourth-order valence-electron chi connectivity index (χ4n) is 4.45. The van der Waals surface area contributed by atoms with Gasteiger partial charge in [0.05, 0.1) is 18.6 Å². The van der Waals surface area contributed by atoms with Crippen LogP contribution in [0.2, 0.25) is 0 Å². The number of aryl methyl sites for hydroxylation is 1. The van der Waals surface area contributed by atoms with Gasteiger partial charge < -0.3 is 14.9 Å². The summed E-state index contributed by atoms with van der Waals surface area (Å²) < 4.78 is 0. The van der Waals surface area contributed by atoms with E-state index in [0.29, 0.717) is 42.2 Å². The van der Waals surface area contributed by atoms with Gasteiger partial charge >= 0.3 is 0 Å². The predicted molar refractivity (Wildman–Crippen MR) is 103 cm³/mol. The van der Waals surface area contributed by atoms with E-state index in [1.807, 2.05) is 18.2 Å². The summed E-state index contributed by atoms with van der Waals surface area (Å²) in [6, 6.07) is 5.95. The van der Waals surface area contributed by atoms with Crippen LogP contribution in [0.4, 0.5) is 0 Å². The Balaban J connectivity index is 1.48. The number of nitrogens with zero attached hydrogens (tertiary/aromatic N) is 2. The lowest BCUT2D eigenvalue weighted by molar-refractivity contribution is 0.0731. The number of aromatic amines is 2. The number of carbonyl (C=O) groups excluding carboxylic acids is 1. The topological polar surface area (TPSA) is 81.8 Å². The Morgan fingerprint density at radius 1 is 1.26 bits per heavy atom. The summed E-state index contributed by atoms with van der Waals surface area (Å²) in [6.07, 6.45) is 5.32. The van der Waals surface area contributed by atoms with Crippen molar-refractivity contribution in [2.75, 3.05) is 6.54 Å². The first-order valence-electron chi connectivity index (χ1n) is 9.58. The average Bonchev–Trinajstić information content (AvgIpc) is 3.04. The number of rotatable bonds is 1. The third-order valence-corrected chi connectivity index (χ3v) is 5.98. The summed E-state index contributed by atoms with van der Waals surface area (Å²) in [7, 11) is 0. The van der Waals surface area contributed by atoms with Gasteiger partial charge in [0.25, 0.3) is 11.5 Å². The smallest absolute Gasteiger partial charge is 0.254 e. The Kier molecular flexibility index (Phi) is 3.67. The van der Waals surface area contributed by atoms with E-state index in [1.165, 1.54) is 29.4 Å². The summed E-state index contributed by atoms with van der Waals surface area (Å²) in [5.74, 6) is 0.682. The molecule has 0 fully saturated rings. The number of fused-ring (bicyclic) bond motifs is 4. The maximum absolute atomic E-state index is 13.1. The van der Waals surface area contributed by atoms with Crippen molar-refractivity contribution in [1.82, 2.24) is 19.9 Å². The lowest BCUT2D eigenvalue weighted by Crippen LogP contribution is -2.38. The molecular weight excluding hydrogens is 340 g/mol. The van der Waals surface area contributed by atoms with Crippen LogP contribution in [0.25, 0.3) is 10.9 Å². The first kappa shape index (κ1) is 16.3. The number of H-pyrrole nitrogens is 2. The second-order valence-corrected chi connectivity index (χ2v) is 7.82. The molecule has 3 heterocycles. The van der Waals surface area contributed by atoms with Gasteiger partial charge in [0.15, 0.2) is 0 Å². The van der Waals surface area contributed by atoms with E-state index in [2.05, 4.69) is 21.9 Å². The largest absolute Gasteiger partial charge is 0.358 e. The third kappa shape index (κ3) is 2.67. The molecule has 2 aromatic heterocycles. The van der Waals surface area contributed by atoms with Crippen molar-refractivity contribution < 1.29 is 4.79 Å². The molecule has 3 aromatic rings. The number of hydrogen-bond donors (Lipinski definition) is 2. The van der Waals surface area contributed by atoms with Gasteiger partial charge in [-0.25, -0.2) is 4.98 Å². The lowest BCUT2D eigenvalue weighted by Gasteiger charge is -2.27. The second kappa shape index (κ2) is 6.08. The SMILES string of the molecule is CC1CCc2[nH]c3ccc(C(=O)N4CCc5c(nc[nH]c5=O)C4)cc3c2C1. The highest BCUT2D eigenvalue weighted by Crippen LogP contribution is 2.32. The highest BCUT2D eigenvalue weighted by atomic mass is 16.2. The molecular formula is C21H22N4O2. The fourth-order valence-corrected chi connectivity index (χ4v) is 4.45. The average molecular weight is 362 g/mol. The standard InChI is InChI=1S/C21H22N4O2/c1-12-2-4-17-15(8-12)16-9-13(3-5-18(16)24-17)21(27)25-7-6-14-19(10-25)22-11-23-20(14)26/h3,5,9,11-12,24H,2,4,6-8,10H2,1H3,(H,22,23,26). The van der Waals surface area contributed by atoms with Crippen molar-refractivity contribution in [3.8, 4) is 0 Å². The Bertz CT molecular complexity index is 1110. The Labute approximate surface area is 156 Å². The minimum absolute atomic E-state index is 0.00318. The summed E-state index contributed by atoms with van der Waals surface area (Å²) in [4.78, 5) is 37.2. The summed E-state index contributed by atoms with van der Waals surface area (Å²) >= 11 is 0. The van der Waals surface area contributed by atoms with Crippen molar-refractivity contribution in [2.45, 2.75) is 39.2 Å². The quantitative estimate of drug-likeness (QED) is 0.698. The zero-order chi connectivity index (χ0) is 18.5. The minimum atomic E-state index is -0.0958. The van der Waals surface area contributed by atoms with Crippen LogP contribution in [-0.2, 0) is 25.8 Å². The Morgan fingerprint density at radius 2 is 2.15 bits per heavy atom. The van der Waals surface area contributed by atoms with Crippen LogP contribution in [-0.4, -0.2) is 32.3 Å². The fraction of sp³-hybridized carbons (Fsp3) is 0.381. The molecule has 1 unspecified atom stereocenters. The Hall–Kier alpha value is -2.89. The Morgan fingerprint density at radius 3 is 3.04 bits per heavy atom. The summed E-state index contributed by atoms with van der Waals surface area (Å²) in [5.41, 5.74) is 5.82. The molecule has 0 radical (unpaired) electrons. The molecule has 1 atom stereocenters. The molecule has 0 spiro atoms. The van der Waals surface area contributed by atoms with Crippen molar-refractivity contribution >= 4 is 16.8 Å². The number of benzene rings is 1. The monoisotopic (exact) mass is 362 g/mol.